The van der Waals surface area contributed by atoms with Gasteiger partial charge in [0, 0.05) is 19.6 Å². The molecule has 3 unspecified atom stereocenters. The number of carbonyl (C=O) groups is 3. The summed E-state index contributed by atoms with van der Waals surface area (Å²) in [7, 11) is -3.58. The highest BCUT2D eigenvalue weighted by molar-refractivity contribution is 7.89. The molecule has 1 aromatic carbocycles. The molecule has 172 valence electrons. The molecule has 9 nitrogen and oxygen atoms in total. The summed E-state index contributed by atoms with van der Waals surface area (Å²) >= 11 is 0. The molecule has 2 heterocycles. The van der Waals surface area contributed by atoms with E-state index in [2.05, 4.69) is 5.32 Å². The fourth-order valence-electron chi connectivity index (χ4n) is 4.38. The van der Waals surface area contributed by atoms with Crippen LogP contribution in [0.25, 0.3) is 0 Å². The normalized spacial score (nSPS) is 25.0. The molecule has 4 rings (SSSR count). The molecular formula is C22H27N3O6S. The number of ether oxygens (including phenoxy) is 1. The number of imide groups is 1. The fourth-order valence-corrected chi connectivity index (χ4v) is 5.79. The van der Waals surface area contributed by atoms with E-state index >= 15 is 0 Å². The molecule has 2 aliphatic heterocycles. The van der Waals surface area contributed by atoms with Crippen molar-refractivity contribution >= 4 is 27.7 Å². The summed E-state index contributed by atoms with van der Waals surface area (Å²) in [5.74, 6) is -1.75. The maximum Gasteiger partial charge on any atom is 0.243 e. The van der Waals surface area contributed by atoms with Gasteiger partial charge in [0.2, 0.25) is 27.7 Å². The van der Waals surface area contributed by atoms with Crippen LogP contribution in [-0.2, 0) is 35.7 Å². The van der Waals surface area contributed by atoms with Gasteiger partial charge in [0.1, 0.15) is 6.04 Å². The Bertz CT molecular complexity index is 1000. The number of carbonyl (C=O) groups excluding carboxylic acids is 3. The second-order valence-electron chi connectivity index (χ2n) is 8.26. The summed E-state index contributed by atoms with van der Waals surface area (Å²) in [6.07, 6.45) is 4.87. The van der Waals surface area contributed by atoms with E-state index in [9.17, 15) is 22.8 Å². The topological polar surface area (TPSA) is 113 Å². The van der Waals surface area contributed by atoms with E-state index in [1.165, 1.54) is 16.4 Å². The zero-order valence-corrected chi connectivity index (χ0v) is 18.7. The van der Waals surface area contributed by atoms with Gasteiger partial charge in [-0.3, -0.25) is 19.3 Å². The minimum Gasteiger partial charge on any atom is -0.379 e. The first kappa shape index (κ1) is 22.6. The summed E-state index contributed by atoms with van der Waals surface area (Å²) in [4.78, 5) is 39.2. The standard InChI is InChI=1S/C22H27N3O6S/c1-15(25-21(27)18-4-2-3-5-19(18)22(25)28)20(26)23-14-16-6-8-17(9-7-16)32(29,30)24-10-12-31-13-11-24/h2-3,6-9,15,18-19H,4-5,10-14H2,1H3,(H,23,26). The lowest BCUT2D eigenvalue weighted by Crippen LogP contribution is -2.48. The van der Waals surface area contributed by atoms with E-state index in [1.807, 2.05) is 12.2 Å². The van der Waals surface area contributed by atoms with E-state index in [1.54, 1.807) is 19.1 Å². The zero-order valence-electron chi connectivity index (χ0n) is 17.9. The van der Waals surface area contributed by atoms with Gasteiger partial charge in [0.05, 0.1) is 29.9 Å². The van der Waals surface area contributed by atoms with Crippen LogP contribution in [0.5, 0.6) is 0 Å². The van der Waals surface area contributed by atoms with Crippen molar-refractivity contribution < 1.29 is 27.5 Å². The van der Waals surface area contributed by atoms with Crippen LogP contribution in [0, 0.1) is 11.8 Å². The van der Waals surface area contributed by atoms with E-state index in [0.29, 0.717) is 44.7 Å². The molecule has 1 N–H and O–H groups in total. The summed E-state index contributed by atoms with van der Waals surface area (Å²) in [6, 6.07) is 5.42. The van der Waals surface area contributed by atoms with Crippen molar-refractivity contribution in [1.82, 2.24) is 14.5 Å². The molecule has 3 atom stereocenters. The maximum absolute atomic E-state index is 12.7. The van der Waals surface area contributed by atoms with Crippen LogP contribution in [0.2, 0.25) is 0 Å². The number of morpholine rings is 1. The highest BCUT2D eigenvalue weighted by Crippen LogP contribution is 2.36. The number of amides is 3. The molecule has 1 aromatic rings. The largest absolute Gasteiger partial charge is 0.379 e. The van der Waals surface area contributed by atoms with Crippen molar-refractivity contribution in [2.24, 2.45) is 11.8 Å². The van der Waals surface area contributed by atoms with Gasteiger partial charge in [-0.25, -0.2) is 8.42 Å². The van der Waals surface area contributed by atoms with E-state index in [-0.39, 0.29) is 35.1 Å². The molecule has 3 amide bonds. The second-order valence-corrected chi connectivity index (χ2v) is 10.2. The van der Waals surface area contributed by atoms with E-state index in [4.69, 9.17) is 4.74 Å². The van der Waals surface area contributed by atoms with Crippen molar-refractivity contribution in [1.29, 1.82) is 0 Å². The van der Waals surface area contributed by atoms with Crippen molar-refractivity contribution in [2.75, 3.05) is 26.3 Å². The lowest BCUT2D eigenvalue weighted by Gasteiger charge is -2.26. The molecular weight excluding hydrogens is 434 g/mol. The first-order chi connectivity index (χ1) is 15.3. The van der Waals surface area contributed by atoms with Crippen molar-refractivity contribution in [3.8, 4) is 0 Å². The summed E-state index contributed by atoms with van der Waals surface area (Å²) in [5.41, 5.74) is 0.712. The van der Waals surface area contributed by atoms with Gasteiger partial charge in [0.25, 0.3) is 0 Å². The maximum atomic E-state index is 12.7. The minimum atomic E-state index is -3.58. The lowest BCUT2D eigenvalue weighted by atomic mass is 9.85. The monoisotopic (exact) mass is 461 g/mol. The van der Waals surface area contributed by atoms with Crippen LogP contribution < -0.4 is 5.32 Å². The average molecular weight is 462 g/mol. The van der Waals surface area contributed by atoms with Crippen LogP contribution in [-0.4, -0.2) is 67.7 Å². The Morgan fingerprint density at radius 1 is 1.06 bits per heavy atom. The van der Waals surface area contributed by atoms with Crippen LogP contribution in [0.15, 0.2) is 41.3 Å². The van der Waals surface area contributed by atoms with Gasteiger partial charge in [-0.05, 0) is 37.5 Å². The summed E-state index contributed by atoms with van der Waals surface area (Å²) in [5, 5.41) is 2.74. The first-order valence-corrected chi connectivity index (χ1v) is 12.2. The quantitative estimate of drug-likeness (QED) is 0.492. The molecule has 0 bridgehead atoms. The van der Waals surface area contributed by atoms with Gasteiger partial charge in [-0.2, -0.15) is 4.31 Å². The van der Waals surface area contributed by atoms with Gasteiger partial charge in [-0.1, -0.05) is 24.3 Å². The Morgan fingerprint density at radius 3 is 2.19 bits per heavy atom. The number of hydrogen-bond donors (Lipinski definition) is 1. The predicted molar refractivity (Wildman–Crippen MR) is 115 cm³/mol. The smallest absolute Gasteiger partial charge is 0.243 e. The number of hydrogen-bond acceptors (Lipinski definition) is 6. The fraction of sp³-hybridized carbons (Fsp3) is 0.500. The second kappa shape index (κ2) is 9.13. The van der Waals surface area contributed by atoms with Gasteiger partial charge in [-0.15, -0.1) is 0 Å². The number of sulfonamides is 1. The third-order valence-corrected chi connectivity index (χ3v) is 8.22. The lowest BCUT2D eigenvalue weighted by molar-refractivity contribution is -0.147. The number of fused-ring (bicyclic) bond motifs is 1. The molecule has 0 aromatic heterocycles. The minimum absolute atomic E-state index is 0.158. The molecule has 3 aliphatic rings. The third-order valence-electron chi connectivity index (χ3n) is 6.31. The van der Waals surface area contributed by atoms with Crippen LogP contribution in [0.3, 0.4) is 0 Å². The molecule has 2 fully saturated rings. The van der Waals surface area contributed by atoms with Crippen molar-refractivity contribution in [3.63, 3.8) is 0 Å². The van der Waals surface area contributed by atoms with Crippen molar-refractivity contribution in [2.45, 2.75) is 37.2 Å². The Balaban J connectivity index is 1.36. The SMILES string of the molecule is CC(C(=O)NCc1ccc(S(=O)(=O)N2CCOCC2)cc1)N1C(=O)C2CC=CCC2C1=O. The zero-order chi connectivity index (χ0) is 22.9. The Kier molecular flexibility index (Phi) is 6.45. The van der Waals surface area contributed by atoms with Crippen LogP contribution in [0.4, 0.5) is 0 Å². The van der Waals surface area contributed by atoms with Crippen molar-refractivity contribution in [3.05, 3.63) is 42.0 Å². The number of nitrogens with one attached hydrogen (secondary N) is 1. The molecule has 0 saturated carbocycles. The molecule has 1 aliphatic carbocycles. The molecule has 0 spiro atoms. The number of likely N-dealkylation sites (tertiary alicyclic amines) is 1. The Labute approximate surface area is 187 Å². The molecule has 2 saturated heterocycles. The number of nitrogens with zero attached hydrogens (tertiary/aromatic N) is 2. The first-order valence-electron chi connectivity index (χ1n) is 10.8. The van der Waals surface area contributed by atoms with Gasteiger partial charge >= 0.3 is 0 Å². The highest BCUT2D eigenvalue weighted by Gasteiger charge is 2.50. The highest BCUT2D eigenvalue weighted by atomic mass is 32.2. The van der Waals surface area contributed by atoms with E-state index in [0.717, 1.165) is 4.90 Å². The summed E-state index contributed by atoms with van der Waals surface area (Å²) in [6.45, 7) is 3.11. The number of allylic oxidation sites excluding steroid dienone is 2. The third kappa shape index (κ3) is 4.22. The molecule has 10 heteroatoms. The average Bonchev–Trinajstić information content (AvgIpc) is 3.08. The summed E-state index contributed by atoms with van der Waals surface area (Å²) < 4.78 is 32.0. The molecule has 0 radical (unpaired) electrons. The Morgan fingerprint density at radius 2 is 1.62 bits per heavy atom. The van der Waals surface area contributed by atoms with Gasteiger partial charge in [0.15, 0.2) is 0 Å². The molecule has 32 heavy (non-hydrogen) atoms. The number of rotatable bonds is 6. The Hall–Kier alpha value is -2.56. The predicted octanol–water partition coefficient (Wildman–Crippen LogP) is 0.663. The van der Waals surface area contributed by atoms with Crippen LogP contribution >= 0.6 is 0 Å². The van der Waals surface area contributed by atoms with E-state index < -0.39 is 22.0 Å². The van der Waals surface area contributed by atoms with Crippen LogP contribution in [0.1, 0.15) is 25.3 Å². The number of benzene rings is 1. The van der Waals surface area contributed by atoms with Gasteiger partial charge < -0.3 is 10.1 Å².